The van der Waals surface area contributed by atoms with Crippen molar-refractivity contribution in [1.82, 2.24) is 0 Å². The average molecular weight is 235 g/mol. The second-order valence-corrected chi connectivity index (χ2v) is 4.38. The van der Waals surface area contributed by atoms with E-state index in [0.717, 1.165) is 11.4 Å². The van der Waals surface area contributed by atoms with Crippen LogP contribution in [0.4, 0.5) is 11.4 Å². The Morgan fingerprint density at radius 2 is 2.06 bits per heavy atom. The fraction of sp³-hybridized carbons (Fsp3) is 0.462. The van der Waals surface area contributed by atoms with Crippen molar-refractivity contribution in [2.45, 2.75) is 13.3 Å². The molecule has 94 valence electrons. The molecule has 1 rings (SSSR count). The molecular formula is C13H21N3O. The molecule has 0 saturated heterocycles. The van der Waals surface area contributed by atoms with Crippen molar-refractivity contribution in [1.29, 1.82) is 0 Å². The number of benzene rings is 1. The van der Waals surface area contributed by atoms with Gasteiger partial charge in [0.05, 0.1) is 11.4 Å². The number of nitrogens with two attached hydrogens (primary N) is 1. The van der Waals surface area contributed by atoms with Crippen LogP contribution in [-0.4, -0.2) is 26.5 Å². The summed E-state index contributed by atoms with van der Waals surface area (Å²) in [6.07, 6.45) is 0.704. The third-order valence-electron chi connectivity index (χ3n) is 2.69. The zero-order valence-electron chi connectivity index (χ0n) is 10.7. The van der Waals surface area contributed by atoms with E-state index in [0.29, 0.717) is 13.0 Å². The fourth-order valence-corrected chi connectivity index (χ4v) is 1.61. The van der Waals surface area contributed by atoms with Crippen LogP contribution in [0.2, 0.25) is 0 Å². The van der Waals surface area contributed by atoms with E-state index in [-0.39, 0.29) is 11.8 Å². The number of amides is 1. The maximum absolute atomic E-state index is 11.9. The number of carbonyl (C=O) groups excluding carboxylic acids is 1. The Kier molecular flexibility index (Phi) is 4.97. The first-order chi connectivity index (χ1) is 8.06. The summed E-state index contributed by atoms with van der Waals surface area (Å²) in [4.78, 5) is 13.9. The fourth-order valence-electron chi connectivity index (χ4n) is 1.61. The molecule has 1 amide bonds. The summed E-state index contributed by atoms with van der Waals surface area (Å²) in [6.45, 7) is 2.42. The third kappa shape index (κ3) is 3.75. The zero-order valence-corrected chi connectivity index (χ0v) is 10.7. The van der Waals surface area contributed by atoms with Crippen molar-refractivity contribution < 1.29 is 4.79 Å². The summed E-state index contributed by atoms with van der Waals surface area (Å²) in [6, 6.07) is 7.75. The normalized spacial score (nSPS) is 12.0. The van der Waals surface area contributed by atoms with E-state index in [1.807, 2.05) is 50.2 Å². The number of hydrogen-bond donors (Lipinski definition) is 2. The SMILES string of the molecule is CC(CCN)C(=O)Nc1ccccc1N(C)C. The first kappa shape index (κ1) is 13.5. The second kappa shape index (κ2) is 6.25. The van der Waals surface area contributed by atoms with Crippen molar-refractivity contribution in [3.63, 3.8) is 0 Å². The molecule has 3 N–H and O–H groups in total. The summed E-state index contributed by atoms with van der Waals surface area (Å²) < 4.78 is 0. The number of rotatable bonds is 5. The molecule has 1 aromatic carbocycles. The topological polar surface area (TPSA) is 58.4 Å². The Morgan fingerprint density at radius 3 is 2.65 bits per heavy atom. The molecule has 0 spiro atoms. The highest BCUT2D eigenvalue weighted by Crippen LogP contribution is 2.24. The minimum absolute atomic E-state index is 0.0183. The van der Waals surface area contributed by atoms with Crippen LogP contribution in [0, 0.1) is 5.92 Å². The molecule has 1 aromatic rings. The monoisotopic (exact) mass is 235 g/mol. The molecule has 0 aromatic heterocycles. The van der Waals surface area contributed by atoms with Crippen LogP contribution in [0.5, 0.6) is 0 Å². The van der Waals surface area contributed by atoms with Crippen molar-refractivity contribution in [2.24, 2.45) is 11.7 Å². The first-order valence-corrected chi connectivity index (χ1v) is 5.83. The molecule has 0 aliphatic heterocycles. The van der Waals surface area contributed by atoms with Gasteiger partial charge in [-0.3, -0.25) is 4.79 Å². The van der Waals surface area contributed by atoms with Crippen LogP contribution in [0.1, 0.15) is 13.3 Å². The van der Waals surface area contributed by atoms with Gasteiger partial charge in [0.2, 0.25) is 5.91 Å². The van der Waals surface area contributed by atoms with Gasteiger partial charge in [0.25, 0.3) is 0 Å². The Labute approximate surface area is 103 Å². The van der Waals surface area contributed by atoms with Crippen molar-refractivity contribution in [3.8, 4) is 0 Å². The largest absolute Gasteiger partial charge is 0.376 e. The highest BCUT2D eigenvalue weighted by atomic mass is 16.1. The molecular weight excluding hydrogens is 214 g/mol. The number of hydrogen-bond acceptors (Lipinski definition) is 3. The van der Waals surface area contributed by atoms with Gasteiger partial charge in [0, 0.05) is 20.0 Å². The minimum Gasteiger partial charge on any atom is -0.376 e. The van der Waals surface area contributed by atoms with Gasteiger partial charge >= 0.3 is 0 Å². The molecule has 0 radical (unpaired) electrons. The van der Waals surface area contributed by atoms with Gasteiger partial charge in [-0.1, -0.05) is 19.1 Å². The molecule has 0 aliphatic rings. The predicted octanol–water partition coefficient (Wildman–Crippen LogP) is 1.68. The lowest BCUT2D eigenvalue weighted by Crippen LogP contribution is -2.24. The summed E-state index contributed by atoms with van der Waals surface area (Å²) in [5.41, 5.74) is 7.29. The molecule has 0 fully saturated rings. The number of anilines is 2. The Hall–Kier alpha value is -1.55. The van der Waals surface area contributed by atoms with Crippen LogP contribution < -0.4 is 16.0 Å². The van der Waals surface area contributed by atoms with Crippen LogP contribution >= 0.6 is 0 Å². The lowest BCUT2D eigenvalue weighted by atomic mass is 10.1. The molecule has 0 aliphatic carbocycles. The average Bonchev–Trinajstić information content (AvgIpc) is 2.29. The molecule has 0 bridgehead atoms. The number of carbonyl (C=O) groups is 1. The lowest BCUT2D eigenvalue weighted by Gasteiger charge is -2.19. The molecule has 0 heterocycles. The summed E-state index contributed by atoms with van der Waals surface area (Å²) >= 11 is 0. The van der Waals surface area contributed by atoms with Crippen LogP contribution in [0.15, 0.2) is 24.3 Å². The quantitative estimate of drug-likeness (QED) is 0.816. The van der Waals surface area contributed by atoms with Crippen molar-refractivity contribution in [3.05, 3.63) is 24.3 Å². The Morgan fingerprint density at radius 1 is 1.41 bits per heavy atom. The van der Waals surface area contributed by atoms with Crippen LogP contribution in [0.3, 0.4) is 0 Å². The maximum atomic E-state index is 11.9. The molecule has 1 atom stereocenters. The number of nitrogens with one attached hydrogen (secondary N) is 1. The summed E-state index contributed by atoms with van der Waals surface area (Å²) in [5, 5.41) is 2.94. The van der Waals surface area contributed by atoms with E-state index < -0.39 is 0 Å². The summed E-state index contributed by atoms with van der Waals surface area (Å²) in [7, 11) is 3.91. The Bertz CT molecular complexity index is 377. The van der Waals surface area contributed by atoms with E-state index in [2.05, 4.69) is 5.32 Å². The first-order valence-electron chi connectivity index (χ1n) is 5.83. The van der Waals surface area contributed by atoms with Crippen LogP contribution in [0.25, 0.3) is 0 Å². The van der Waals surface area contributed by atoms with E-state index in [9.17, 15) is 4.79 Å². The number of nitrogens with zero attached hydrogens (tertiary/aromatic N) is 1. The summed E-state index contributed by atoms with van der Waals surface area (Å²) in [5.74, 6) is -0.0417. The lowest BCUT2D eigenvalue weighted by molar-refractivity contribution is -0.119. The van der Waals surface area contributed by atoms with Gasteiger partial charge in [0.1, 0.15) is 0 Å². The molecule has 4 heteroatoms. The minimum atomic E-state index is -0.0600. The second-order valence-electron chi connectivity index (χ2n) is 4.38. The van der Waals surface area contributed by atoms with Gasteiger partial charge in [-0.25, -0.2) is 0 Å². The third-order valence-corrected chi connectivity index (χ3v) is 2.69. The smallest absolute Gasteiger partial charge is 0.227 e. The Balaban J connectivity index is 2.77. The van der Waals surface area contributed by atoms with E-state index in [1.165, 1.54) is 0 Å². The van der Waals surface area contributed by atoms with E-state index >= 15 is 0 Å². The van der Waals surface area contributed by atoms with Gasteiger partial charge in [0.15, 0.2) is 0 Å². The van der Waals surface area contributed by atoms with Gasteiger partial charge in [-0.2, -0.15) is 0 Å². The van der Waals surface area contributed by atoms with Gasteiger partial charge in [-0.05, 0) is 25.1 Å². The highest BCUT2D eigenvalue weighted by molar-refractivity contribution is 5.95. The maximum Gasteiger partial charge on any atom is 0.227 e. The van der Waals surface area contributed by atoms with Gasteiger partial charge in [-0.15, -0.1) is 0 Å². The predicted molar refractivity (Wildman–Crippen MR) is 72.2 cm³/mol. The molecule has 17 heavy (non-hydrogen) atoms. The molecule has 0 saturated carbocycles. The molecule has 1 unspecified atom stereocenters. The number of para-hydroxylation sites is 2. The standard InChI is InChI=1S/C13H21N3O/c1-10(8-9-14)13(17)15-11-6-4-5-7-12(11)16(2)3/h4-7,10H,8-9,14H2,1-3H3,(H,15,17). The van der Waals surface area contributed by atoms with Crippen molar-refractivity contribution >= 4 is 17.3 Å². The van der Waals surface area contributed by atoms with E-state index in [4.69, 9.17) is 5.73 Å². The van der Waals surface area contributed by atoms with Crippen LogP contribution in [-0.2, 0) is 4.79 Å². The van der Waals surface area contributed by atoms with E-state index in [1.54, 1.807) is 0 Å². The van der Waals surface area contributed by atoms with Gasteiger partial charge < -0.3 is 16.0 Å². The zero-order chi connectivity index (χ0) is 12.8. The highest BCUT2D eigenvalue weighted by Gasteiger charge is 2.13. The molecule has 4 nitrogen and oxygen atoms in total. The van der Waals surface area contributed by atoms with Crippen molar-refractivity contribution in [2.75, 3.05) is 30.9 Å².